The number of aliphatic hydroxyl groups is 2. The Hall–Kier alpha value is -0.540. The van der Waals surface area contributed by atoms with Crippen LogP contribution < -0.4 is 5.73 Å². The smallest absolute Gasteiger partial charge is 0.276 e. The molecule has 2 atom stereocenters. The van der Waals surface area contributed by atoms with Crippen LogP contribution in [0.2, 0.25) is 0 Å². The lowest BCUT2D eigenvalue weighted by atomic mass is 9.84. The zero-order valence-corrected chi connectivity index (χ0v) is 9.94. The number of carbonyl (C=O) groups is 1. The lowest BCUT2D eigenvalue weighted by Crippen LogP contribution is -2.49. The Morgan fingerprint density at radius 1 is 1.44 bits per heavy atom. The van der Waals surface area contributed by atoms with Gasteiger partial charge >= 0.3 is 0 Å². The second-order valence-corrected chi connectivity index (χ2v) is 5.79. The largest absolute Gasteiger partial charge is 0.396 e. The van der Waals surface area contributed by atoms with Gasteiger partial charge in [0.15, 0.2) is 11.0 Å². The molecule has 0 amide bonds. The second-order valence-electron chi connectivity index (χ2n) is 4.19. The van der Waals surface area contributed by atoms with E-state index in [1.54, 1.807) is 0 Å². The molecule has 0 aromatic carbocycles. The molecule has 0 aromatic rings. The van der Waals surface area contributed by atoms with Crippen LogP contribution in [-0.2, 0) is 14.9 Å². The third kappa shape index (κ3) is 3.49. The summed E-state index contributed by atoms with van der Waals surface area (Å²) in [4.78, 5) is 11.5. The molecule has 0 bridgehead atoms. The summed E-state index contributed by atoms with van der Waals surface area (Å²) in [6.45, 7) is 1.62. The van der Waals surface area contributed by atoms with E-state index >= 15 is 0 Å². The van der Waals surface area contributed by atoms with Gasteiger partial charge in [-0.3, -0.25) is 9.35 Å². The normalized spacial score (nSPS) is 16.9. The molecule has 0 aliphatic carbocycles. The molecule has 0 saturated heterocycles. The molecule has 0 radical (unpaired) electrons. The fourth-order valence-electron chi connectivity index (χ4n) is 1.03. The third-order valence-corrected chi connectivity index (χ3v) is 3.45. The Morgan fingerprint density at radius 3 is 2.12 bits per heavy atom. The molecule has 0 fully saturated rings. The minimum atomic E-state index is -4.64. The van der Waals surface area contributed by atoms with E-state index < -0.39 is 45.8 Å². The Bertz CT molecular complexity index is 350. The number of carbonyl (C=O) groups excluding carboxylic acids is 1. The summed E-state index contributed by atoms with van der Waals surface area (Å²) in [6, 6.07) is 0. The molecular weight excluding hydrogens is 238 g/mol. The first kappa shape index (κ1) is 15.5. The molecule has 2 unspecified atom stereocenters. The van der Waals surface area contributed by atoms with E-state index in [1.165, 1.54) is 13.8 Å². The van der Waals surface area contributed by atoms with Crippen molar-refractivity contribution in [2.45, 2.75) is 25.2 Å². The number of hydrogen-bond acceptors (Lipinski definition) is 6. The molecule has 0 aliphatic rings. The fourth-order valence-corrected chi connectivity index (χ4v) is 1.70. The summed E-state index contributed by atoms with van der Waals surface area (Å²) in [6.07, 6.45) is -1.71. The number of Topliss-reactive ketones (excluding diaryl/α,β-unsaturated/α-hetero) is 1. The zero-order chi connectivity index (χ0) is 13.1. The van der Waals surface area contributed by atoms with Gasteiger partial charge in [-0.1, -0.05) is 13.8 Å². The molecule has 0 aromatic heterocycles. The van der Waals surface area contributed by atoms with Crippen molar-refractivity contribution >= 4 is 15.9 Å². The predicted molar refractivity (Wildman–Crippen MR) is 56.3 cm³/mol. The first-order valence-corrected chi connectivity index (χ1v) is 6.07. The van der Waals surface area contributed by atoms with Crippen molar-refractivity contribution in [3.05, 3.63) is 0 Å². The van der Waals surface area contributed by atoms with Gasteiger partial charge in [0.2, 0.25) is 0 Å². The fraction of sp³-hybridized carbons (Fsp3) is 0.875. The highest BCUT2D eigenvalue weighted by Crippen LogP contribution is 2.22. The summed E-state index contributed by atoms with van der Waals surface area (Å²) in [7, 11) is -4.64. The van der Waals surface area contributed by atoms with Crippen LogP contribution in [-0.4, -0.2) is 53.5 Å². The second kappa shape index (κ2) is 5.19. The monoisotopic (exact) mass is 255 g/mol. The summed E-state index contributed by atoms with van der Waals surface area (Å²) in [5, 5.41) is 16.6. The first-order chi connectivity index (χ1) is 7.07. The average molecular weight is 255 g/mol. The molecule has 96 valence electrons. The van der Waals surface area contributed by atoms with Crippen molar-refractivity contribution in [1.29, 1.82) is 0 Å². The van der Waals surface area contributed by atoms with E-state index in [2.05, 4.69) is 0 Å². The van der Waals surface area contributed by atoms with E-state index in [-0.39, 0.29) is 0 Å². The minimum absolute atomic E-state index is 0.511. The molecule has 7 nitrogen and oxygen atoms in total. The molecule has 8 heteroatoms. The van der Waals surface area contributed by atoms with Crippen LogP contribution in [0.5, 0.6) is 0 Å². The van der Waals surface area contributed by atoms with Crippen molar-refractivity contribution in [2.24, 2.45) is 11.1 Å². The standard InChI is InChI=1S/C8H17NO6S/c1-8(2,4-10)7(12)6(11)5(3-9)16(13,14)15/h5,7,10,12H,3-4,9H2,1-2H3,(H,13,14,15). The van der Waals surface area contributed by atoms with Crippen molar-refractivity contribution < 1.29 is 28.0 Å². The van der Waals surface area contributed by atoms with Gasteiger partial charge in [0.1, 0.15) is 6.10 Å². The molecular formula is C8H17NO6S. The van der Waals surface area contributed by atoms with Crippen molar-refractivity contribution in [2.75, 3.05) is 13.2 Å². The average Bonchev–Trinajstić information content (AvgIpc) is 2.15. The molecule has 5 N–H and O–H groups in total. The summed E-state index contributed by atoms with van der Waals surface area (Å²) < 4.78 is 30.3. The first-order valence-electron chi connectivity index (χ1n) is 4.57. The lowest BCUT2D eigenvalue weighted by Gasteiger charge is -2.28. The number of aliphatic hydroxyl groups excluding tert-OH is 2. The quantitative estimate of drug-likeness (QED) is 0.409. The van der Waals surface area contributed by atoms with Gasteiger partial charge in [-0.15, -0.1) is 0 Å². The highest BCUT2D eigenvalue weighted by molar-refractivity contribution is 7.87. The Balaban J connectivity index is 5.06. The van der Waals surface area contributed by atoms with Crippen LogP contribution in [0.3, 0.4) is 0 Å². The van der Waals surface area contributed by atoms with Crippen molar-refractivity contribution in [1.82, 2.24) is 0 Å². The van der Waals surface area contributed by atoms with E-state index in [0.29, 0.717) is 0 Å². The van der Waals surface area contributed by atoms with E-state index in [9.17, 15) is 18.3 Å². The zero-order valence-electron chi connectivity index (χ0n) is 9.12. The van der Waals surface area contributed by atoms with Gasteiger partial charge in [-0.2, -0.15) is 8.42 Å². The summed E-state index contributed by atoms with van der Waals surface area (Å²) in [5.41, 5.74) is 3.85. The van der Waals surface area contributed by atoms with E-state index in [4.69, 9.17) is 15.4 Å². The maximum atomic E-state index is 11.5. The summed E-state index contributed by atoms with van der Waals surface area (Å²) >= 11 is 0. The van der Waals surface area contributed by atoms with Gasteiger partial charge in [0.05, 0.1) is 6.61 Å². The lowest BCUT2D eigenvalue weighted by molar-refractivity contribution is -0.134. The molecule has 16 heavy (non-hydrogen) atoms. The maximum absolute atomic E-state index is 11.5. The van der Waals surface area contributed by atoms with Crippen molar-refractivity contribution in [3.63, 3.8) is 0 Å². The van der Waals surface area contributed by atoms with Crippen LogP contribution >= 0.6 is 0 Å². The SMILES string of the molecule is CC(C)(CO)C(O)C(=O)C(CN)S(=O)(=O)O. The minimum Gasteiger partial charge on any atom is -0.396 e. The molecule has 0 saturated carbocycles. The topological polar surface area (TPSA) is 138 Å². The van der Waals surface area contributed by atoms with E-state index in [1.807, 2.05) is 0 Å². The van der Waals surface area contributed by atoms with Crippen LogP contribution in [0, 0.1) is 5.41 Å². The summed E-state index contributed by atoms with van der Waals surface area (Å²) in [5.74, 6) is -1.12. The van der Waals surface area contributed by atoms with E-state index in [0.717, 1.165) is 0 Å². The highest BCUT2D eigenvalue weighted by atomic mass is 32.2. The number of nitrogens with two attached hydrogens (primary N) is 1. The van der Waals surface area contributed by atoms with Crippen LogP contribution in [0.1, 0.15) is 13.8 Å². The van der Waals surface area contributed by atoms with Crippen LogP contribution in [0.15, 0.2) is 0 Å². The molecule has 0 aliphatic heterocycles. The maximum Gasteiger partial charge on any atom is 0.276 e. The van der Waals surface area contributed by atoms with Gasteiger partial charge in [-0.05, 0) is 0 Å². The molecule has 0 heterocycles. The number of rotatable bonds is 6. The Morgan fingerprint density at radius 2 is 1.88 bits per heavy atom. The van der Waals surface area contributed by atoms with Gasteiger partial charge < -0.3 is 15.9 Å². The third-order valence-electron chi connectivity index (χ3n) is 2.31. The molecule has 0 rings (SSSR count). The van der Waals surface area contributed by atoms with Gasteiger partial charge in [-0.25, -0.2) is 0 Å². The predicted octanol–water partition coefficient (Wildman–Crippen LogP) is -1.85. The van der Waals surface area contributed by atoms with Crippen LogP contribution in [0.25, 0.3) is 0 Å². The highest BCUT2D eigenvalue weighted by Gasteiger charge is 2.40. The van der Waals surface area contributed by atoms with Gasteiger partial charge in [0, 0.05) is 12.0 Å². The molecule has 0 spiro atoms. The number of ketones is 1. The van der Waals surface area contributed by atoms with Crippen LogP contribution in [0.4, 0.5) is 0 Å². The Kier molecular flexibility index (Phi) is 5.02. The van der Waals surface area contributed by atoms with Gasteiger partial charge in [0.25, 0.3) is 10.1 Å². The number of hydrogen-bond donors (Lipinski definition) is 4. The van der Waals surface area contributed by atoms with Crippen molar-refractivity contribution in [3.8, 4) is 0 Å². The Labute approximate surface area is 94.0 Å².